The highest BCUT2D eigenvalue weighted by Crippen LogP contribution is 2.23. The number of anilines is 1. The molecule has 0 fully saturated rings. The number of hydrogen-bond donors (Lipinski definition) is 2. The van der Waals surface area contributed by atoms with Crippen molar-refractivity contribution in [1.82, 2.24) is 4.98 Å². The molecule has 5 nitrogen and oxygen atoms in total. The van der Waals surface area contributed by atoms with Crippen LogP contribution in [0, 0.1) is 19.8 Å². The van der Waals surface area contributed by atoms with Gasteiger partial charge in [-0.05, 0) is 43.2 Å². The van der Waals surface area contributed by atoms with Crippen LogP contribution in [0.15, 0.2) is 36.5 Å². The summed E-state index contributed by atoms with van der Waals surface area (Å²) in [6, 6.07) is 9.36. The van der Waals surface area contributed by atoms with Crippen LogP contribution in [0.25, 0.3) is 0 Å². The van der Waals surface area contributed by atoms with Crippen molar-refractivity contribution >= 4 is 36.4 Å². The van der Waals surface area contributed by atoms with E-state index in [1.807, 2.05) is 25.1 Å². The molecule has 1 unspecified atom stereocenters. The standard InChI is InChI=1S/C17H21N3O2.2ClH/c1-11-4-6-15(8-12(11)2)22-16-7-5-14(10-19-16)20-17(21)13(3)9-18;;/h4-8,10,13H,9,18H2,1-3H3,(H,20,21);2*1H. The van der Waals surface area contributed by atoms with Crippen molar-refractivity contribution in [3.63, 3.8) is 0 Å². The Balaban J connectivity index is 0.00000264. The third-order valence-corrected chi connectivity index (χ3v) is 3.51. The topological polar surface area (TPSA) is 77.2 Å². The van der Waals surface area contributed by atoms with E-state index in [-0.39, 0.29) is 36.6 Å². The average Bonchev–Trinajstić information content (AvgIpc) is 2.52. The van der Waals surface area contributed by atoms with Crippen LogP contribution >= 0.6 is 24.8 Å². The number of carbonyl (C=O) groups excluding carboxylic acids is 1. The van der Waals surface area contributed by atoms with Crippen LogP contribution in [0.3, 0.4) is 0 Å². The molecule has 2 rings (SSSR count). The van der Waals surface area contributed by atoms with Gasteiger partial charge in [0.05, 0.1) is 11.9 Å². The molecule has 0 aliphatic rings. The van der Waals surface area contributed by atoms with Gasteiger partial charge in [0.25, 0.3) is 0 Å². The van der Waals surface area contributed by atoms with Crippen LogP contribution in [0.4, 0.5) is 5.69 Å². The molecule has 132 valence electrons. The molecule has 1 aromatic heterocycles. The summed E-state index contributed by atoms with van der Waals surface area (Å²) in [6.45, 7) is 6.18. The van der Waals surface area contributed by atoms with Crippen LogP contribution in [-0.2, 0) is 4.79 Å². The fourth-order valence-electron chi connectivity index (χ4n) is 1.79. The van der Waals surface area contributed by atoms with Crippen molar-refractivity contribution in [2.75, 3.05) is 11.9 Å². The van der Waals surface area contributed by atoms with Crippen molar-refractivity contribution in [2.45, 2.75) is 20.8 Å². The zero-order valence-corrected chi connectivity index (χ0v) is 15.5. The third kappa shape index (κ3) is 6.00. The highest BCUT2D eigenvalue weighted by molar-refractivity contribution is 5.92. The fourth-order valence-corrected chi connectivity index (χ4v) is 1.79. The van der Waals surface area contributed by atoms with Crippen molar-refractivity contribution in [2.24, 2.45) is 11.7 Å². The summed E-state index contributed by atoms with van der Waals surface area (Å²) in [7, 11) is 0. The Bertz CT molecular complexity index is 663. The highest BCUT2D eigenvalue weighted by Gasteiger charge is 2.11. The molecule has 1 amide bonds. The molecule has 0 radical (unpaired) electrons. The van der Waals surface area contributed by atoms with Crippen LogP contribution in [0.5, 0.6) is 11.6 Å². The number of benzene rings is 1. The first-order valence-electron chi connectivity index (χ1n) is 7.21. The quantitative estimate of drug-likeness (QED) is 0.835. The zero-order chi connectivity index (χ0) is 16.1. The van der Waals surface area contributed by atoms with Crippen molar-refractivity contribution < 1.29 is 9.53 Å². The lowest BCUT2D eigenvalue weighted by molar-refractivity contribution is -0.119. The highest BCUT2D eigenvalue weighted by atomic mass is 35.5. The molecule has 7 heteroatoms. The minimum atomic E-state index is -0.230. The zero-order valence-electron chi connectivity index (χ0n) is 13.9. The molecule has 0 saturated heterocycles. The smallest absolute Gasteiger partial charge is 0.228 e. The van der Waals surface area contributed by atoms with E-state index in [0.717, 1.165) is 11.3 Å². The number of hydrogen-bond acceptors (Lipinski definition) is 4. The number of aromatic nitrogens is 1. The van der Waals surface area contributed by atoms with Gasteiger partial charge in [-0.2, -0.15) is 0 Å². The minimum Gasteiger partial charge on any atom is -0.439 e. The molecule has 24 heavy (non-hydrogen) atoms. The summed E-state index contributed by atoms with van der Waals surface area (Å²) in [5, 5.41) is 2.76. The predicted octanol–water partition coefficient (Wildman–Crippen LogP) is 3.87. The van der Waals surface area contributed by atoms with Crippen LogP contribution in [-0.4, -0.2) is 17.4 Å². The number of pyridine rings is 1. The summed E-state index contributed by atoms with van der Waals surface area (Å²) in [4.78, 5) is 15.9. The molecule has 2 aromatic rings. The van der Waals surface area contributed by atoms with Crippen molar-refractivity contribution in [3.05, 3.63) is 47.7 Å². The fraction of sp³-hybridized carbons (Fsp3) is 0.294. The Morgan fingerprint density at radius 2 is 1.92 bits per heavy atom. The van der Waals surface area contributed by atoms with Crippen LogP contribution < -0.4 is 15.8 Å². The van der Waals surface area contributed by atoms with Gasteiger partial charge in [0.1, 0.15) is 5.75 Å². The van der Waals surface area contributed by atoms with E-state index >= 15 is 0 Å². The summed E-state index contributed by atoms with van der Waals surface area (Å²) >= 11 is 0. The number of nitrogens with two attached hydrogens (primary N) is 1. The molecule has 1 heterocycles. The molecule has 0 aliphatic carbocycles. The molecule has 0 bridgehead atoms. The van der Waals surface area contributed by atoms with Gasteiger partial charge in [-0.15, -0.1) is 24.8 Å². The Morgan fingerprint density at radius 1 is 1.21 bits per heavy atom. The largest absolute Gasteiger partial charge is 0.439 e. The number of nitrogens with zero attached hydrogens (tertiary/aromatic N) is 1. The van der Waals surface area contributed by atoms with Gasteiger partial charge < -0.3 is 15.8 Å². The van der Waals surface area contributed by atoms with E-state index in [1.165, 1.54) is 5.56 Å². The number of aryl methyl sites for hydroxylation is 2. The maximum Gasteiger partial charge on any atom is 0.228 e. The normalized spacial score (nSPS) is 10.8. The predicted molar refractivity (Wildman–Crippen MR) is 102 cm³/mol. The summed E-state index contributed by atoms with van der Waals surface area (Å²) in [5.41, 5.74) is 8.47. The first-order valence-corrected chi connectivity index (χ1v) is 7.21. The van der Waals surface area contributed by atoms with Gasteiger partial charge >= 0.3 is 0 Å². The second kappa shape index (κ2) is 10.1. The Labute approximate surface area is 154 Å². The lowest BCUT2D eigenvalue weighted by Gasteiger charge is -2.10. The SMILES string of the molecule is Cc1ccc(Oc2ccc(NC(=O)C(C)CN)cn2)cc1C.Cl.Cl. The lowest BCUT2D eigenvalue weighted by Crippen LogP contribution is -2.26. The molecule has 1 atom stereocenters. The number of ether oxygens (including phenoxy) is 1. The molecular formula is C17H23Cl2N3O2. The Kier molecular flexibility index (Phi) is 9.36. The second-order valence-corrected chi connectivity index (χ2v) is 5.36. The van der Waals surface area contributed by atoms with Gasteiger partial charge in [-0.1, -0.05) is 13.0 Å². The molecule has 3 N–H and O–H groups in total. The molecule has 0 saturated carbocycles. The van der Waals surface area contributed by atoms with E-state index in [1.54, 1.807) is 25.3 Å². The monoisotopic (exact) mass is 371 g/mol. The van der Waals surface area contributed by atoms with E-state index in [4.69, 9.17) is 10.5 Å². The Morgan fingerprint density at radius 3 is 2.46 bits per heavy atom. The molecular weight excluding hydrogens is 349 g/mol. The first-order chi connectivity index (χ1) is 10.5. The molecule has 0 aliphatic heterocycles. The van der Waals surface area contributed by atoms with E-state index in [2.05, 4.69) is 17.2 Å². The van der Waals surface area contributed by atoms with Gasteiger partial charge in [0.2, 0.25) is 11.8 Å². The minimum absolute atomic E-state index is 0. The van der Waals surface area contributed by atoms with Gasteiger partial charge in [-0.3, -0.25) is 4.79 Å². The maximum atomic E-state index is 11.7. The third-order valence-electron chi connectivity index (χ3n) is 3.51. The van der Waals surface area contributed by atoms with Crippen LogP contribution in [0.2, 0.25) is 0 Å². The van der Waals surface area contributed by atoms with Gasteiger partial charge in [0.15, 0.2) is 0 Å². The van der Waals surface area contributed by atoms with E-state index < -0.39 is 0 Å². The molecule has 1 aromatic carbocycles. The number of nitrogens with one attached hydrogen (secondary N) is 1. The summed E-state index contributed by atoms with van der Waals surface area (Å²) < 4.78 is 5.70. The maximum absolute atomic E-state index is 11.7. The summed E-state index contributed by atoms with van der Waals surface area (Å²) in [6.07, 6.45) is 1.57. The first kappa shape index (κ1) is 22.2. The average molecular weight is 372 g/mol. The van der Waals surface area contributed by atoms with Crippen molar-refractivity contribution in [3.8, 4) is 11.6 Å². The van der Waals surface area contributed by atoms with E-state index in [0.29, 0.717) is 18.1 Å². The van der Waals surface area contributed by atoms with Crippen molar-refractivity contribution in [1.29, 1.82) is 0 Å². The Hall–Kier alpha value is -1.82. The van der Waals surface area contributed by atoms with Gasteiger partial charge in [0, 0.05) is 18.5 Å². The number of carbonyl (C=O) groups is 1. The number of amides is 1. The molecule has 0 spiro atoms. The number of rotatable bonds is 5. The lowest BCUT2D eigenvalue weighted by atomic mass is 10.1. The van der Waals surface area contributed by atoms with E-state index in [9.17, 15) is 4.79 Å². The van der Waals surface area contributed by atoms with Gasteiger partial charge in [-0.25, -0.2) is 4.98 Å². The summed E-state index contributed by atoms with van der Waals surface area (Å²) in [5.74, 6) is 0.871. The number of halogens is 2. The second-order valence-electron chi connectivity index (χ2n) is 5.36. The van der Waals surface area contributed by atoms with Crippen LogP contribution in [0.1, 0.15) is 18.1 Å².